The molecule has 0 amide bonds. The first-order chi connectivity index (χ1) is 8.13. The molecule has 1 aromatic rings. The van der Waals surface area contributed by atoms with Crippen LogP contribution < -0.4 is 4.90 Å². The van der Waals surface area contributed by atoms with E-state index in [-0.39, 0.29) is 12.6 Å². The normalized spacial score (nSPS) is 26.2. The molecule has 2 rings (SSSR count). The summed E-state index contributed by atoms with van der Waals surface area (Å²) in [6.45, 7) is 4.97. The molecule has 0 spiro atoms. The Morgan fingerprint density at radius 1 is 1.59 bits per heavy atom. The second-order valence-corrected chi connectivity index (χ2v) is 4.83. The molecule has 17 heavy (non-hydrogen) atoms. The SMILES string of the molecule is CC(O)c1ccnc(N2CCC(C)C2CO)c1. The van der Waals surface area contributed by atoms with Gasteiger partial charge >= 0.3 is 0 Å². The van der Waals surface area contributed by atoms with E-state index in [1.54, 1.807) is 13.1 Å². The molecule has 0 bridgehead atoms. The molecule has 4 heteroatoms. The summed E-state index contributed by atoms with van der Waals surface area (Å²) in [4.78, 5) is 6.48. The van der Waals surface area contributed by atoms with Gasteiger partial charge in [-0.1, -0.05) is 6.92 Å². The van der Waals surface area contributed by atoms with Crippen molar-refractivity contribution in [1.29, 1.82) is 0 Å². The predicted octanol–water partition coefficient (Wildman–Crippen LogP) is 1.34. The molecule has 2 heterocycles. The highest BCUT2D eigenvalue weighted by Gasteiger charge is 2.31. The number of rotatable bonds is 3. The summed E-state index contributed by atoms with van der Waals surface area (Å²) >= 11 is 0. The van der Waals surface area contributed by atoms with Crippen molar-refractivity contribution in [2.24, 2.45) is 5.92 Å². The van der Waals surface area contributed by atoms with Gasteiger partial charge in [0, 0.05) is 12.7 Å². The number of aromatic nitrogens is 1. The largest absolute Gasteiger partial charge is 0.394 e. The third-order valence-electron chi connectivity index (χ3n) is 3.62. The molecule has 1 aliphatic rings. The van der Waals surface area contributed by atoms with E-state index in [0.717, 1.165) is 24.3 Å². The molecule has 0 aromatic carbocycles. The van der Waals surface area contributed by atoms with Crippen LogP contribution in [0.25, 0.3) is 0 Å². The molecular formula is C13H20N2O2. The second kappa shape index (κ2) is 5.02. The Bertz CT molecular complexity index is 381. The maximum Gasteiger partial charge on any atom is 0.129 e. The Hall–Kier alpha value is -1.13. The van der Waals surface area contributed by atoms with Crippen LogP contribution in [0.5, 0.6) is 0 Å². The number of aliphatic hydroxyl groups excluding tert-OH is 2. The smallest absolute Gasteiger partial charge is 0.129 e. The summed E-state index contributed by atoms with van der Waals surface area (Å²) < 4.78 is 0. The predicted molar refractivity (Wildman–Crippen MR) is 66.9 cm³/mol. The number of anilines is 1. The van der Waals surface area contributed by atoms with E-state index in [1.807, 2.05) is 12.1 Å². The highest BCUT2D eigenvalue weighted by Crippen LogP contribution is 2.29. The Labute approximate surface area is 102 Å². The molecule has 0 saturated carbocycles. The molecule has 94 valence electrons. The van der Waals surface area contributed by atoms with E-state index in [0.29, 0.717) is 5.92 Å². The van der Waals surface area contributed by atoms with E-state index >= 15 is 0 Å². The highest BCUT2D eigenvalue weighted by atomic mass is 16.3. The van der Waals surface area contributed by atoms with Crippen LogP contribution in [0.15, 0.2) is 18.3 Å². The molecule has 3 unspecified atom stereocenters. The minimum absolute atomic E-state index is 0.145. The number of aliphatic hydroxyl groups is 2. The highest BCUT2D eigenvalue weighted by molar-refractivity contribution is 5.44. The van der Waals surface area contributed by atoms with Gasteiger partial charge in [-0.15, -0.1) is 0 Å². The maximum absolute atomic E-state index is 9.57. The molecule has 0 aliphatic carbocycles. The van der Waals surface area contributed by atoms with Gasteiger partial charge in [0.05, 0.1) is 18.8 Å². The van der Waals surface area contributed by atoms with Crippen molar-refractivity contribution >= 4 is 5.82 Å². The van der Waals surface area contributed by atoms with Crippen molar-refractivity contribution in [2.45, 2.75) is 32.4 Å². The van der Waals surface area contributed by atoms with E-state index in [2.05, 4.69) is 16.8 Å². The van der Waals surface area contributed by atoms with Crippen molar-refractivity contribution in [3.8, 4) is 0 Å². The molecule has 4 nitrogen and oxygen atoms in total. The van der Waals surface area contributed by atoms with Crippen LogP contribution >= 0.6 is 0 Å². The van der Waals surface area contributed by atoms with Crippen molar-refractivity contribution in [3.05, 3.63) is 23.9 Å². The minimum Gasteiger partial charge on any atom is -0.394 e. The lowest BCUT2D eigenvalue weighted by Crippen LogP contribution is -2.35. The molecule has 1 aromatic heterocycles. The Morgan fingerprint density at radius 2 is 2.35 bits per heavy atom. The van der Waals surface area contributed by atoms with Crippen molar-refractivity contribution < 1.29 is 10.2 Å². The summed E-state index contributed by atoms with van der Waals surface area (Å²) in [5.74, 6) is 1.34. The van der Waals surface area contributed by atoms with Gasteiger partial charge < -0.3 is 15.1 Å². The zero-order chi connectivity index (χ0) is 12.4. The monoisotopic (exact) mass is 236 g/mol. The Kier molecular flexibility index (Phi) is 3.64. The zero-order valence-corrected chi connectivity index (χ0v) is 10.4. The summed E-state index contributed by atoms with van der Waals surface area (Å²) in [7, 11) is 0. The molecule has 3 atom stereocenters. The third-order valence-corrected chi connectivity index (χ3v) is 3.62. The van der Waals surface area contributed by atoms with Crippen LogP contribution in [-0.4, -0.2) is 34.4 Å². The van der Waals surface area contributed by atoms with Crippen molar-refractivity contribution in [1.82, 2.24) is 4.98 Å². The molecular weight excluding hydrogens is 216 g/mol. The summed E-state index contributed by atoms with van der Waals surface area (Å²) in [5.41, 5.74) is 0.867. The minimum atomic E-state index is -0.482. The maximum atomic E-state index is 9.57. The average molecular weight is 236 g/mol. The lowest BCUT2D eigenvalue weighted by atomic mass is 10.0. The van der Waals surface area contributed by atoms with E-state index in [1.165, 1.54) is 0 Å². The van der Waals surface area contributed by atoms with Crippen LogP contribution in [0.1, 0.15) is 31.9 Å². The van der Waals surface area contributed by atoms with E-state index in [9.17, 15) is 10.2 Å². The lowest BCUT2D eigenvalue weighted by molar-refractivity contribution is 0.199. The van der Waals surface area contributed by atoms with E-state index in [4.69, 9.17) is 0 Å². The van der Waals surface area contributed by atoms with Crippen LogP contribution in [0.4, 0.5) is 5.82 Å². The zero-order valence-electron chi connectivity index (χ0n) is 10.4. The Balaban J connectivity index is 2.25. The topological polar surface area (TPSA) is 56.6 Å². The summed E-state index contributed by atoms with van der Waals surface area (Å²) in [6.07, 6.45) is 2.31. The van der Waals surface area contributed by atoms with Crippen LogP contribution in [0, 0.1) is 5.92 Å². The fraction of sp³-hybridized carbons (Fsp3) is 0.615. The average Bonchev–Trinajstić information content (AvgIpc) is 2.70. The second-order valence-electron chi connectivity index (χ2n) is 4.83. The number of pyridine rings is 1. The van der Waals surface area contributed by atoms with Gasteiger partial charge in [0.2, 0.25) is 0 Å². The van der Waals surface area contributed by atoms with Crippen LogP contribution in [-0.2, 0) is 0 Å². The van der Waals surface area contributed by atoms with Gasteiger partial charge in [-0.05, 0) is 37.0 Å². The van der Waals surface area contributed by atoms with Gasteiger partial charge in [0.15, 0.2) is 0 Å². The first kappa shape index (κ1) is 12.3. The van der Waals surface area contributed by atoms with Gasteiger partial charge in [-0.3, -0.25) is 0 Å². The van der Waals surface area contributed by atoms with E-state index < -0.39 is 6.10 Å². The molecule has 2 N–H and O–H groups in total. The molecule has 1 saturated heterocycles. The first-order valence-electron chi connectivity index (χ1n) is 6.15. The fourth-order valence-corrected chi connectivity index (χ4v) is 2.42. The molecule has 1 aliphatic heterocycles. The van der Waals surface area contributed by atoms with Crippen LogP contribution in [0.3, 0.4) is 0 Å². The summed E-state index contributed by atoms with van der Waals surface area (Å²) in [6, 6.07) is 3.87. The summed E-state index contributed by atoms with van der Waals surface area (Å²) in [5, 5.41) is 19.0. The quantitative estimate of drug-likeness (QED) is 0.831. The van der Waals surface area contributed by atoms with Crippen LogP contribution in [0.2, 0.25) is 0 Å². The first-order valence-corrected chi connectivity index (χ1v) is 6.15. The fourth-order valence-electron chi connectivity index (χ4n) is 2.42. The van der Waals surface area contributed by atoms with Crippen molar-refractivity contribution in [2.75, 3.05) is 18.1 Å². The number of hydrogen-bond donors (Lipinski definition) is 2. The van der Waals surface area contributed by atoms with Crippen molar-refractivity contribution in [3.63, 3.8) is 0 Å². The third kappa shape index (κ3) is 2.42. The molecule has 1 fully saturated rings. The standard InChI is InChI=1S/C13H20N2O2/c1-9-4-6-15(12(9)8-16)13-7-11(10(2)17)3-5-14-13/h3,5,7,9-10,12,16-17H,4,6,8H2,1-2H3. The van der Waals surface area contributed by atoms with Gasteiger partial charge in [0.1, 0.15) is 5.82 Å². The lowest BCUT2D eigenvalue weighted by Gasteiger charge is -2.26. The number of nitrogens with zero attached hydrogens (tertiary/aromatic N) is 2. The van der Waals surface area contributed by atoms with Gasteiger partial charge in [0.25, 0.3) is 0 Å². The number of hydrogen-bond acceptors (Lipinski definition) is 4. The molecule has 0 radical (unpaired) electrons. The van der Waals surface area contributed by atoms with Gasteiger partial charge in [-0.2, -0.15) is 0 Å². The Morgan fingerprint density at radius 3 is 3.00 bits per heavy atom. The van der Waals surface area contributed by atoms with Gasteiger partial charge in [-0.25, -0.2) is 4.98 Å².